The number of imide groups is 1. The summed E-state index contributed by atoms with van der Waals surface area (Å²) >= 11 is 0. The van der Waals surface area contributed by atoms with Gasteiger partial charge in [0, 0.05) is 5.56 Å². The lowest BCUT2D eigenvalue weighted by Gasteiger charge is -2.37. The number of Topliss-reactive ketones (excluding diaryl/α,β-unsaturated/α-hetero) is 1. The highest BCUT2D eigenvalue weighted by Gasteiger charge is 2.67. The van der Waals surface area contributed by atoms with Gasteiger partial charge in [-0.2, -0.15) is 0 Å². The third kappa shape index (κ3) is 2.80. The van der Waals surface area contributed by atoms with E-state index in [9.17, 15) is 14.4 Å². The molecule has 2 aromatic rings. The van der Waals surface area contributed by atoms with Crippen LogP contribution in [0.1, 0.15) is 27.9 Å². The van der Waals surface area contributed by atoms with Crippen LogP contribution >= 0.6 is 0 Å². The molecule has 2 saturated carbocycles. The fraction of sp³-hybridized carbons (Fsp3) is 0.370. The van der Waals surface area contributed by atoms with Gasteiger partial charge in [-0.15, -0.1) is 0 Å². The lowest BCUT2D eigenvalue weighted by Crippen LogP contribution is -2.40. The van der Waals surface area contributed by atoms with Crippen molar-refractivity contribution in [2.75, 3.05) is 11.5 Å². The maximum atomic E-state index is 13.2. The van der Waals surface area contributed by atoms with Gasteiger partial charge in [0.25, 0.3) is 0 Å². The molecular formula is C27H25NO4. The number of aryl methyl sites for hydroxylation is 2. The summed E-state index contributed by atoms with van der Waals surface area (Å²) in [5, 5.41) is 0. The highest BCUT2D eigenvalue weighted by atomic mass is 16.5. The number of anilines is 1. The van der Waals surface area contributed by atoms with Crippen molar-refractivity contribution < 1.29 is 19.1 Å². The van der Waals surface area contributed by atoms with Gasteiger partial charge in [0.1, 0.15) is 5.75 Å². The van der Waals surface area contributed by atoms with E-state index >= 15 is 0 Å². The lowest BCUT2D eigenvalue weighted by atomic mass is 9.63. The van der Waals surface area contributed by atoms with Crippen LogP contribution in [0.4, 0.5) is 5.69 Å². The van der Waals surface area contributed by atoms with Crippen LogP contribution in [0.3, 0.4) is 0 Å². The van der Waals surface area contributed by atoms with E-state index in [1.165, 1.54) is 4.90 Å². The number of hydrogen-bond donors (Lipinski definition) is 0. The van der Waals surface area contributed by atoms with Crippen molar-refractivity contribution >= 4 is 23.3 Å². The molecule has 1 saturated heterocycles. The van der Waals surface area contributed by atoms with E-state index in [-0.39, 0.29) is 47.9 Å². The first kappa shape index (κ1) is 19.5. The van der Waals surface area contributed by atoms with Crippen LogP contribution < -0.4 is 9.64 Å². The Morgan fingerprint density at radius 3 is 2.12 bits per heavy atom. The first-order chi connectivity index (χ1) is 15.4. The molecule has 5 aliphatic rings. The summed E-state index contributed by atoms with van der Waals surface area (Å²) in [6, 6.07) is 12.5. The van der Waals surface area contributed by atoms with Crippen LogP contribution in [-0.4, -0.2) is 24.2 Å². The Balaban J connectivity index is 1.15. The SMILES string of the molecule is Cc1ccc(C(=O)COc2ccc(N3C(=O)[C@@H]4[C@H](C3=O)[C@@H]3C=C[C@H]4C4CC43)cc2)cc1C. The van der Waals surface area contributed by atoms with Crippen LogP contribution in [0.25, 0.3) is 0 Å². The number of benzene rings is 2. The average Bonchev–Trinajstić information content (AvgIpc) is 3.58. The highest BCUT2D eigenvalue weighted by Crippen LogP contribution is 2.65. The molecule has 2 bridgehead atoms. The van der Waals surface area contributed by atoms with E-state index in [2.05, 4.69) is 12.2 Å². The van der Waals surface area contributed by atoms with E-state index in [1.807, 2.05) is 32.0 Å². The first-order valence-corrected chi connectivity index (χ1v) is 11.3. The van der Waals surface area contributed by atoms with Crippen LogP contribution in [0.15, 0.2) is 54.6 Å². The van der Waals surface area contributed by atoms with Gasteiger partial charge in [0.15, 0.2) is 12.4 Å². The smallest absolute Gasteiger partial charge is 0.238 e. The zero-order valence-electron chi connectivity index (χ0n) is 18.2. The summed E-state index contributed by atoms with van der Waals surface area (Å²) in [7, 11) is 0. The van der Waals surface area contributed by atoms with E-state index < -0.39 is 0 Å². The molecule has 2 unspecified atom stereocenters. The maximum Gasteiger partial charge on any atom is 0.238 e. The Bertz CT molecular complexity index is 1140. The number of carbonyl (C=O) groups excluding carboxylic acids is 3. The van der Waals surface area contributed by atoms with Gasteiger partial charge in [-0.25, -0.2) is 0 Å². The molecular weight excluding hydrogens is 402 g/mol. The van der Waals surface area contributed by atoms with Crippen molar-refractivity contribution in [1.82, 2.24) is 0 Å². The Labute approximate surface area is 187 Å². The van der Waals surface area contributed by atoms with E-state index in [0.717, 1.165) is 17.5 Å². The van der Waals surface area contributed by atoms with Gasteiger partial charge in [-0.3, -0.25) is 19.3 Å². The van der Waals surface area contributed by atoms with Crippen molar-refractivity contribution in [3.8, 4) is 5.75 Å². The van der Waals surface area contributed by atoms with Crippen LogP contribution in [0, 0.1) is 49.4 Å². The molecule has 1 aliphatic heterocycles. The molecule has 32 heavy (non-hydrogen) atoms. The average molecular weight is 428 g/mol. The third-order valence-electron chi connectivity index (χ3n) is 7.96. The number of allylic oxidation sites excluding steroid dienone is 2. The van der Waals surface area contributed by atoms with Crippen molar-refractivity contribution in [2.24, 2.45) is 35.5 Å². The van der Waals surface area contributed by atoms with Gasteiger partial charge >= 0.3 is 0 Å². The molecule has 5 heteroatoms. The van der Waals surface area contributed by atoms with Gasteiger partial charge in [0.2, 0.25) is 11.8 Å². The Morgan fingerprint density at radius 2 is 1.53 bits per heavy atom. The second kappa shape index (κ2) is 6.89. The second-order valence-corrected chi connectivity index (χ2v) is 9.67. The predicted molar refractivity (Wildman–Crippen MR) is 119 cm³/mol. The molecule has 6 atom stereocenters. The van der Waals surface area contributed by atoms with E-state index in [4.69, 9.17) is 4.74 Å². The minimum absolute atomic E-state index is 0.0641. The molecule has 2 amide bonds. The summed E-state index contributed by atoms with van der Waals surface area (Å²) in [6.07, 6.45) is 5.51. The largest absolute Gasteiger partial charge is 0.485 e. The fourth-order valence-corrected chi connectivity index (χ4v) is 6.05. The predicted octanol–water partition coefficient (Wildman–Crippen LogP) is 4.12. The van der Waals surface area contributed by atoms with Crippen LogP contribution in [0.5, 0.6) is 5.75 Å². The molecule has 2 aromatic carbocycles. The third-order valence-corrected chi connectivity index (χ3v) is 7.96. The van der Waals surface area contributed by atoms with Crippen molar-refractivity contribution in [1.29, 1.82) is 0 Å². The number of rotatable bonds is 5. The molecule has 0 radical (unpaired) electrons. The quantitative estimate of drug-likeness (QED) is 0.409. The van der Waals surface area contributed by atoms with E-state index in [1.54, 1.807) is 24.3 Å². The Morgan fingerprint density at radius 1 is 0.906 bits per heavy atom. The van der Waals surface area contributed by atoms with E-state index in [0.29, 0.717) is 28.8 Å². The van der Waals surface area contributed by atoms with Gasteiger partial charge in [-0.1, -0.05) is 24.3 Å². The van der Waals surface area contributed by atoms with Gasteiger partial charge in [-0.05, 0) is 85.4 Å². The molecule has 1 heterocycles. The number of ketones is 1. The summed E-state index contributed by atoms with van der Waals surface area (Å²) < 4.78 is 5.67. The van der Waals surface area contributed by atoms with Crippen molar-refractivity contribution in [3.05, 3.63) is 71.3 Å². The van der Waals surface area contributed by atoms with Crippen molar-refractivity contribution in [2.45, 2.75) is 20.3 Å². The summed E-state index contributed by atoms with van der Waals surface area (Å²) in [5.74, 6) is 1.53. The number of nitrogens with zero attached hydrogens (tertiary/aromatic N) is 1. The molecule has 5 nitrogen and oxygen atoms in total. The molecule has 4 aliphatic carbocycles. The standard InChI is InChI=1S/C27H25NO4/c1-14-3-4-16(11-15(14)2)23(29)13-32-18-7-5-17(6-8-18)28-26(30)24-19-9-10-20(22-12-21(19)22)25(24)27(28)31/h3-11,19-22,24-25H,12-13H2,1-2H3/t19-,20+,21?,22?,24-,25+. The fourth-order valence-electron chi connectivity index (χ4n) is 6.05. The molecule has 7 rings (SSSR count). The van der Waals surface area contributed by atoms with Crippen molar-refractivity contribution in [3.63, 3.8) is 0 Å². The number of hydrogen-bond acceptors (Lipinski definition) is 4. The monoisotopic (exact) mass is 427 g/mol. The molecule has 3 fully saturated rings. The number of carbonyl (C=O) groups is 3. The first-order valence-electron chi connectivity index (χ1n) is 11.3. The van der Waals surface area contributed by atoms with Crippen LogP contribution in [-0.2, 0) is 9.59 Å². The maximum absolute atomic E-state index is 13.2. The topological polar surface area (TPSA) is 63.7 Å². The van der Waals surface area contributed by atoms with Gasteiger partial charge < -0.3 is 4.74 Å². The molecule has 0 N–H and O–H groups in total. The minimum Gasteiger partial charge on any atom is -0.485 e. The van der Waals surface area contributed by atoms with Gasteiger partial charge in [0.05, 0.1) is 17.5 Å². The number of ether oxygens (including phenoxy) is 1. The number of amides is 2. The lowest BCUT2D eigenvalue weighted by molar-refractivity contribution is -0.124. The normalized spacial score (nSPS) is 31.5. The Hall–Kier alpha value is -3.21. The molecule has 162 valence electrons. The summed E-state index contributed by atoms with van der Waals surface area (Å²) in [5.41, 5.74) is 3.42. The highest BCUT2D eigenvalue weighted by molar-refractivity contribution is 6.22. The minimum atomic E-state index is -0.201. The summed E-state index contributed by atoms with van der Waals surface area (Å²) in [6.45, 7) is 3.93. The Kier molecular flexibility index (Phi) is 4.19. The summed E-state index contributed by atoms with van der Waals surface area (Å²) in [4.78, 5) is 40.2. The molecule has 0 aromatic heterocycles. The molecule has 0 spiro atoms. The zero-order valence-corrected chi connectivity index (χ0v) is 18.2. The zero-order chi connectivity index (χ0) is 22.1. The van der Waals surface area contributed by atoms with Crippen LogP contribution in [0.2, 0.25) is 0 Å². The second-order valence-electron chi connectivity index (χ2n) is 9.67.